The maximum atomic E-state index is 6.72. The highest BCUT2D eigenvalue weighted by atomic mass is 35.5. The van der Waals surface area contributed by atoms with E-state index in [1.165, 1.54) is 44.1 Å². The van der Waals surface area contributed by atoms with Crippen molar-refractivity contribution in [3.8, 4) is 0 Å². The normalized spacial score (nSPS) is 40.0. The molecule has 108 valence electrons. The van der Waals surface area contributed by atoms with Gasteiger partial charge in [0.15, 0.2) is 0 Å². The number of hydrogen-bond donors (Lipinski definition) is 1. The molecule has 0 radical (unpaired) electrons. The van der Waals surface area contributed by atoms with Gasteiger partial charge in [-0.15, -0.1) is 0 Å². The van der Waals surface area contributed by atoms with Crippen molar-refractivity contribution in [2.75, 3.05) is 0 Å². The first-order chi connectivity index (χ1) is 9.64. The minimum Gasteiger partial charge on any atom is -0.327 e. The third-order valence-corrected chi connectivity index (χ3v) is 6.64. The van der Waals surface area contributed by atoms with Crippen LogP contribution in [-0.2, 0) is 6.42 Å². The van der Waals surface area contributed by atoms with E-state index in [0.717, 1.165) is 29.2 Å². The summed E-state index contributed by atoms with van der Waals surface area (Å²) in [7, 11) is 0. The molecule has 1 atom stereocenters. The molecule has 1 aromatic carbocycles. The van der Waals surface area contributed by atoms with Gasteiger partial charge in [0, 0.05) is 11.1 Å². The minimum atomic E-state index is 0.288. The molecule has 4 aliphatic rings. The maximum Gasteiger partial charge on any atom is 0.0438 e. The Bertz CT molecular complexity index is 475. The van der Waals surface area contributed by atoms with E-state index in [-0.39, 0.29) is 6.04 Å². The Hall–Kier alpha value is -0.530. The van der Waals surface area contributed by atoms with Gasteiger partial charge in [-0.2, -0.15) is 0 Å². The molecule has 0 aliphatic heterocycles. The number of halogens is 1. The van der Waals surface area contributed by atoms with Crippen LogP contribution in [0.5, 0.6) is 0 Å². The number of rotatable bonds is 3. The van der Waals surface area contributed by atoms with Crippen molar-refractivity contribution >= 4 is 11.6 Å². The van der Waals surface area contributed by atoms with Gasteiger partial charge >= 0.3 is 0 Å². The number of benzene rings is 1. The van der Waals surface area contributed by atoms with E-state index < -0.39 is 0 Å². The molecule has 0 amide bonds. The van der Waals surface area contributed by atoms with Crippen molar-refractivity contribution in [1.29, 1.82) is 0 Å². The smallest absolute Gasteiger partial charge is 0.0438 e. The maximum absolute atomic E-state index is 6.72. The third-order valence-electron chi connectivity index (χ3n) is 6.27. The monoisotopic (exact) mass is 289 g/mol. The summed E-state index contributed by atoms with van der Waals surface area (Å²) in [4.78, 5) is 0. The van der Waals surface area contributed by atoms with Crippen LogP contribution in [-0.4, -0.2) is 6.04 Å². The molecule has 1 aromatic rings. The molecule has 2 heteroatoms. The highest BCUT2D eigenvalue weighted by Gasteiger charge is 2.53. The molecule has 2 N–H and O–H groups in total. The van der Waals surface area contributed by atoms with Gasteiger partial charge in [0.25, 0.3) is 0 Å². The zero-order valence-electron chi connectivity index (χ0n) is 12.0. The van der Waals surface area contributed by atoms with Gasteiger partial charge in [0.05, 0.1) is 0 Å². The van der Waals surface area contributed by atoms with E-state index in [4.69, 9.17) is 17.3 Å². The fourth-order valence-electron chi connectivity index (χ4n) is 5.75. The third kappa shape index (κ3) is 2.10. The summed E-state index contributed by atoms with van der Waals surface area (Å²) in [6, 6.07) is 8.50. The zero-order valence-corrected chi connectivity index (χ0v) is 12.8. The van der Waals surface area contributed by atoms with Gasteiger partial charge in [-0.05, 0) is 79.7 Å². The summed E-state index contributed by atoms with van der Waals surface area (Å²) in [6.45, 7) is 0. The molecule has 1 unspecified atom stereocenters. The molecule has 4 aliphatic carbocycles. The van der Waals surface area contributed by atoms with E-state index in [9.17, 15) is 0 Å². The quantitative estimate of drug-likeness (QED) is 0.875. The van der Waals surface area contributed by atoms with Gasteiger partial charge in [-0.1, -0.05) is 29.8 Å². The standard InChI is InChI=1S/C18H24ClN/c19-16-4-2-1-3-15(16)8-17(20)18-9-12-5-13(10-18)7-14(6-12)11-18/h1-4,12-14,17H,5-11,20H2. The second kappa shape index (κ2) is 4.74. The highest BCUT2D eigenvalue weighted by Crippen LogP contribution is 2.61. The van der Waals surface area contributed by atoms with E-state index in [2.05, 4.69) is 12.1 Å². The molecular weight excluding hydrogens is 266 g/mol. The summed E-state index contributed by atoms with van der Waals surface area (Å²) < 4.78 is 0. The Morgan fingerprint density at radius 3 is 2.15 bits per heavy atom. The molecule has 0 heterocycles. The van der Waals surface area contributed by atoms with E-state index >= 15 is 0 Å². The van der Waals surface area contributed by atoms with Crippen molar-refractivity contribution in [2.24, 2.45) is 28.9 Å². The van der Waals surface area contributed by atoms with Crippen LogP contribution in [0.1, 0.15) is 44.1 Å². The fraction of sp³-hybridized carbons (Fsp3) is 0.667. The summed E-state index contributed by atoms with van der Waals surface area (Å²) in [6.07, 6.45) is 9.54. The van der Waals surface area contributed by atoms with Crippen molar-refractivity contribution in [3.63, 3.8) is 0 Å². The Balaban J connectivity index is 1.56. The molecular formula is C18H24ClN. The minimum absolute atomic E-state index is 0.288. The van der Waals surface area contributed by atoms with Gasteiger partial charge in [0.2, 0.25) is 0 Å². The molecule has 0 aromatic heterocycles. The van der Waals surface area contributed by atoms with Crippen LogP contribution in [0.25, 0.3) is 0 Å². The Morgan fingerprint density at radius 1 is 1.05 bits per heavy atom. The van der Waals surface area contributed by atoms with Crippen LogP contribution in [0, 0.1) is 23.2 Å². The lowest BCUT2D eigenvalue weighted by Crippen LogP contribution is -2.55. The highest BCUT2D eigenvalue weighted by molar-refractivity contribution is 6.31. The molecule has 0 spiro atoms. The lowest BCUT2D eigenvalue weighted by atomic mass is 9.47. The van der Waals surface area contributed by atoms with Gasteiger partial charge in [-0.3, -0.25) is 0 Å². The first kappa shape index (κ1) is 13.2. The largest absolute Gasteiger partial charge is 0.327 e. The number of nitrogens with two attached hydrogens (primary N) is 1. The van der Waals surface area contributed by atoms with Crippen LogP contribution < -0.4 is 5.73 Å². The van der Waals surface area contributed by atoms with Crippen LogP contribution in [0.4, 0.5) is 0 Å². The van der Waals surface area contributed by atoms with Crippen molar-refractivity contribution in [2.45, 2.75) is 51.0 Å². The van der Waals surface area contributed by atoms with E-state index in [1.807, 2.05) is 12.1 Å². The summed E-state index contributed by atoms with van der Waals surface area (Å²) in [5.74, 6) is 2.91. The van der Waals surface area contributed by atoms with Crippen molar-refractivity contribution < 1.29 is 0 Å². The van der Waals surface area contributed by atoms with Gasteiger partial charge in [-0.25, -0.2) is 0 Å². The lowest BCUT2D eigenvalue weighted by Gasteiger charge is -2.59. The topological polar surface area (TPSA) is 26.0 Å². The molecule has 5 rings (SSSR count). The fourth-order valence-corrected chi connectivity index (χ4v) is 5.96. The van der Waals surface area contributed by atoms with E-state index in [1.54, 1.807) is 0 Å². The summed E-state index contributed by atoms with van der Waals surface area (Å²) >= 11 is 6.32. The summed E-state index contributed by atoms with van der Waals surface area (Å²) in [5.41, 5.74) is 8.37. The Kier molecular flexibility index (Phi) is 3.12. The summed E-state index contributed by atoms with van der Waals surface area (Å²) in [5, 5.41) is 0.882. The molecule has 20 heavy (non-hydrogen) atoms. The average molecular weight is 290 g/mol. The molecule has 4 fully saturated rings. The predicted octanol–water partition coefficient (Wildman–Crippen LogP) is 4.43. The van der Waals surface area contributed by atoms with Crippen molar-refractivity contribution in [1.82, 2.24) is 0 Å². The van der Waals surface area contributed by atoms with Crippen LogP contribution >= 0.6 is 11.6 Å². The lowest BCUT2D eigenvalue weighted by molar-refractivity contribution is -0.0667. The second-order valence-electron chi connectivity index (χ2n) is 7.68. The Labute approximate surface area is 126 Å². The molecule has 4 bridgehead atoms. The SMILES string of the molecule is NC(Cc1ccccc1Cl)C12CC3CC(CC(C3)C1)C2. The van der Waals surface area contributed by atoms with Crippen LogP contribution in [0.2, 0.25) is 5.02 Å². The van der Waals surface area contributed by atoms with Gasteiger partial charge in [0.1, 0.15) is 0 Å². The second-order valence-corrected chi connectivity index (χ2v) is 8.09. The molecule has 0 saturated heterocycles. The van der Waals surface area contributed by atoms with Gasteiger partial charge < -0.3 is 5.73 Å². The van der Waals surface area contributed by atoms with Crippen LogP contribution in [0.3, 0.4) is 0 Å². The Morgan fingerprint density at radius 2 is 1.60 bits per heavy atom. The van der Waals surface area contributed by atoms with Crippen LogP contribution in [0.15, 0.2) is 24.3 Å². The molecule has 4 saturated carbocycles. The molecule has 1 nitrogen and oxygen atoms in total. The average Bonchev–Trinajstić information content (AvgIpc) is 2.40. The first-order valence-corrected chi connectivity index (χ1v) is 8.51. The number of hydrogen-bond acceptors (Lipinski definition) is 1. The first-order valence-electron chi connectivity index (χ1n) is 8.14. The van der Waals surface area contributed by atoms with E-state index in [0.29, 0.717) is 5.41 Å². The zero-order chi connectivity index (χ0) is 13.7. The predicted molar refractivity (Wildman–Crippen MR) is 83.7 cm³/mol. The van der Waals surface area contributed by atoms with Crippen molar-refractivity contribution in [3.05, 3.63) is 34.9 Å².